The molecule has 1 aromatic heterocycles. The summed E-state index contributed by atoms with van der Waals surface area (Å²) in [5.74, 6) is 0.705. The van der Waals surface area contributed by atoms with E-state index in [4.69, 9.17) is 4.74 Å². The molecule has 1 unspecified atom stereocenters. The van der Waals surface area contributed by atoms with E-state index in [9.17, 15) is 0 Å². The number of nitrogens with zero attached hydrogens (tertiary/aromatic N) is 2. The van der Waals surface area contributed by atoms with Gasteiger partial charge in [0, 0.05) is 23.9 Å². The topological polar surface area (TPSA) is 39.1 Å². The van der Waals surface area contributed by atoms with Crippen molar-refractivity contribution in [3.63, 3.8) is 0 Å². The molecule has 0 fully saturated rings. The lowest BCUT2D eigenvalue weighted by atomic mass is 10.0. The van der Waals surface area contributed by atoms with Crippen LogP contribution in [0, 0.1) is 19.8 Å². The van der Waals surface area contributed by atoms with Gasteiger partial charge in [0.1, 0.15) is 0 Å². The Morgan fingerprint density at radius 1 is 1.25 bits per heavy atom. The van der Waals surface area contributed by atoms with Gasteiger partial charge in [-0.25, -0.2) is 0 Å². The molecule has 4 heteroatoms. The minimum atomic E-state index is 0.394. The van der Waals surface area contributed by atoms with E-state index in [0.29, 0.717) is 12.0 Å². The van der Waals surface area contributed by atoms with Crippen molar-refractivity contribution in [3.05, 3.63) is 17.0 Å². The van der Waals surface area contributed by atoms with E-state index in [0.717, 1.165) is 38.3 Å². The van der Waals surface area contributed by atoms with Crippen molar-refractivity contribution in [2.45, 2.75) is 60.0 Å². The van der Waals surface area contributed by atoms with Gasteiger partial charge in [0.05, 0.1) is 18.8 Å². The van der Waals surface area contributed by atoms with Crippen molar-refractivity contribution in [1.29, 1.82) is 0 Å². The first-order valence-corrected chi connectivity index (χ1v) is 7.80. The number of rotatable bonds is 9. The van der Waals surface area contributed by atoms with E-state index in [1.165, 1.54) is 11.3 Å². The van der Waals surface area contributed by atoms with Crippen LogP contribution in [0.5, 0.6) is 0 Å². The van der Waals surface area contributed by atoms with Crippen molar-refractivity contribution in [2.24, 2.45) is 5.92 Å². The molecule has 0 saturated carbocycles. The fraction of sp³-hybridized carbons (Fsp3) is 0.812. The van der Waals surface area contributed by atoms with Crippen LogP contribution >= 0.6 is 0 Å². The predicted octanol–water partition coefficient (Wildman–Crippen LogP) is 3.23. The molecule has 0 aliphatic carbocycles. The van der Waals surface area contributed by atoms with Crippen molar-refractivity contribution >= 4 is 0 Å². The summed E-state index contributed by atoms with van der Waals surface area (Å²) in [6.45, 7) is 13.3. The quantitative estimate of drug-likeness (QED) is 0.706. The largest absolute Gasteiger partial charge is 0.380 e. The minimum Gasteiger partial charge on any atom is -0.380 e. The van der Waals surface area contributed by atoms with E-state index >= 15 is 0 Å². The van der Waals surface area contributed by atoms with Crippen LogP contribution in [0.1, 0.15) is 56.6 Å². The zero-order chi connectivity index (χ0) is 15.1. The number of ether oxygens (including phenoxy) is 1. The predicted molar refractivity (Wildman–Crippen MR) is 84.1 cm³/mol. The summed E-state index contributed by atoms with van der Waals surface area (Å²) in [4.78, 5) is 0. The molecule has 4 nitrogen and oxygen atoms in total. The Kier molecular flexibility index (Phi) is 7.24. The third-order valence-corrected chi connectivity index (χ3v) is 3.83. The second kappa shape index (κ2) is 8.42. The van der Waals surface area contributed by atoms with Gasteiger partial charge in [0.25, 0.3) is 0 Å². The first-order chi connectivity index (χ1) is 9.51. The van der Waals surface area contributed by atoms with E-state index < -0.39 is 0 Å². The smallest absolute Gasteiger partial charge is 0.0662 e. The van der Waals surface area contributed by atoms with Crippen molar-refractivity contribution < 1.29 is 4.74 Å². The summed E-state index contributed by atoms with van der Waals surface area (Å²) in [5, 5.41) is 8.02. The standard InChI is InChI=1S/C16H31N3O/c1-7-15(17-6)16-13(4)18-19(14(16)5)9-11-20-10-8-12(2)3/h12,15,17H,7-11H2,1-6H3. The van der Waals surface area contributed by atoms with E-state index in [1.807, 2.05) is 7.05 Å². The number of hydrogen-bond donors (Lipinski definition) is 1. The van der Waals surface area contributed by atoms with Crippen LogP contribution in [0.3, 0.4) is 0 Å². The average molecular weight is 281 g/mol. The molecule has 0 saturated heterocycles. The minimum absolute atomic E-state index is 0.394. The third-order valence-electron chi connectivity index (χ3n) is 3.83. The van der Waals surface area contributed by atoms with Crippen LogP contribution < -0.4 is 5.32 Å². The molecule has 1 rings (SSSR count). The van der Waals surface area contributed by atoms with Crippen molar-refractivity contribution in [3.8, 4) is 0 Å². The average Bonchev–Trinajstić information content (AvgIpc) is 2.67. The number of aryl methyl sites for hydroxylation is 1. The maximum atomic E-state index is 5.69. The van der Waals surface area contributed by atoms with Crippen LogP contribution in [0.4, 0.5) is 0 Å². The van der Waals surface area contributed by atoms with Gasteiger partial charge in [-0.05, 0) is 39.7 Å². The van der Waals surface area contributed by atoms with Gasteiger partial charge in [0.2, 0.25) is 0 Å². The molecule has 0 radical (unpaired) electrons. The Hall–Kier alpha value is -0.870. The molecular weight excluding hydrogens is 250 g/mol. The van der Waals surface area contributed by atoms with Gasteiger partial charge < -0.3 is 10.1 Å². The van der Waals surface area contributed by atoms with Gasteiger partial charge in [-0.2, -0.15) is 5.10 Å². The molecule has 1 heterocycles. The van der Waals surface area contributed by atoms with Gasteiger partial charge >= 0.3 is 0 Å². The monoisotopic (exact) mass is 281 g/mol. The van der Waals surface area contributed by atoms with Crippen LogP contribution in [0.25, 0.3) is 0 Å². The molecule has 1 N–H and O–H groups in total. The van der Waals surface area contributed by atoms with Gasteiger partial charge in [0.15, 0.2) is 0 Å². The summed E-state index contributed by atoms with van der Waals surface area (Å²) in [6.07, 6.45) is 2.20. The molecule has 0 bridgehead atoms. The lowest BCUT2D eigenvalue weighted by molar-refractivity contribution is 0.113. The molecule has 0 amide bonds. The summed E-state index contributed by atoms with van der Waals surface area (Å²) >= 11 is 0. The fourth-order valence-corrected chi connectivity index (χ4v) is 2.56. The van der Waals surface area contributed by atoms with E-state index in [-0.39, 0.29) is 0 Å². The van der Waals surface area contributed by atoms with E-state index in [2.05, 4.69) is 49.7 Å². The molecule has 0 aliphatic rings. The van der Waals surface area contributed by atoms with Crippen molar-refractivity contribution in [1.82, 2.24) is 15.1 Å². The fourth-order valence-electron chi connectivity index (χ4n) is 2.56. The molecular formula is C16H31N3O. The molecule has 0 aromatic carbocycles. The second-order valence-corrected chi connectivity index (χ2v) is 5.85. The maximum absolute atomic E-state index is 5.69. The molecule has 1 aromatic rings. The molecule has 116 valence electrons. The highest BCUT2D eigenvalue weighted by Crippen LogP contribution is 2.23. The Labute approximate surface area is 123 Å². The molecule has 20 heavy (non-hydrogen) atoms. The summed E-state index contributed by atoms with van der Waals surface area (Å²) in [7, 11) is 2.01. The lowest BCUT2D eigenvalue weighted by Gasteiger charge is -2.15. The lowest BCUT2D eigenvalue weighted by Crippen LogP contribution is -2.17. The van der Waals surface area contributed by atoms with Gasteiger partial charge in [-0.3, -0.25) is 4.68 Å². The Bertz CT molecular complexity index is 395. The summed E-state index contributed by atoms with van der Waals surface area (Å²) in [5.41, 5.74) is 3.74. The zero-order valence-corrected chi connectivity index (χ0v) is 14.0. The Morgan fingerprint density at radius 3 is 2.50 bits per heavy atom. The number of aromatic nitrogens is 2. The third kappa shape index (κ3) is 4.60. The highest BCUT2D eigenvalue weighted by molar-refractivity contribution is 5.28. The summed E-state index contributed by atoms with van der Waals surface area (Å²) in [6, 6.07) is 0.394. The SMILES string of the molecule is CCC(NC)c1c(C)nn(CCOCCC(C)C)c1C. The van der Waals surface area contributed by atoms with Crippen LogP contribution in [0.2, 0.25) is 0 Å². The highest BCUT2D eigenvalue weighted by atomic mass is 16.5. The van der Waals surface area contributed by atoms with Gasteiger partial charge in [-0.15, -0.1) is 0 Å². The number of hydrogen-bond acceptors (Lipinski definition) is 3. The Morgan fingerprint density at radius 2 is 1.95 bits per heavy atom. The van der Waals surface area contributed by atoms with Crippen LogP contribution in [-0.2, 0) is 11.3 Å². The first kappa shape index (κ1) is 17.2. The maximum Gasteiger partial charge on any atom is 0.0662 e. The molecule has 0 aliphatic heterocycles. The van der Waals surface area contributed by atoms with Gasteiger partial charge in [-0.1, -0.05) is 20.8 Å². The van der Waals surface area contributed by atoms with Crippen LogP contribution in [-0.4, -0.2) is 30.0 Å². The highest BCUT2D eigenvalue weighted by Gasteiger charge is 2.18. The molecule has 0 spiro atoms. The van der Waals surface area contributed by atoms with E-state index in [1.54, 1.807) is 0 Å². The summed E-state index contributed by atoms with van der Waals surface area (Å²) < 4.78 is 7.77. The second-order valence-electron chi connectivity index (χ2n) is 5.85. The van der Waals surface area contributed by atoms with Crippen LogP contribution in [0.15, 0.2) is 0 Å². The Balaban J connectivity index is 2.57. The number of nitrogens with one attached hydrogen (secondary N) is 1. The molecule has 1 atom stereocenters. The zero-order valence-electron chi connectivity index (χ0n) is 14.0. The first-order valence-electron chi connectivity index (χ1n) is 7.80. The normalized spacial score (nSPS) is 13.2. The van der Waals surface area contributed by atoms with Crippen molar-refractivity contribution in [2.75, 3.05) is 20.3 Å².